The van der Waals surface area contributed by atoms with Crippen LogP contribution in [0.2, 0.25) is 5.02 Å². The van der Waals surface area contributed by atoms with Crippen LogP contribution in [-0.4, -0.2) is 27.8 Å². The molecular weight excluding hydrogens is 569 g/mol. The van der Waals surface area contributed by atoms with Crippen LogP contribution in [0.1, 0.15) is 5.69 Å². The smallest absolute Gasteiger partial charge is 0.433 e. The summed E-state index contributed by atoms with van der Waals surface area (Å²) < 4.78 is 103. The van der Waals surface area contributed by atoms with E-state index >= 15 is 4.39 Å². The van der Waals surface area contributed by atoms with Gasteiger partial charge in [-0.05, 0) is 36.4 Å². The highest BCUT2D eigenvalue weighted by Gasteiger charge is 2.33. The zero-order chi connectivity index (χ0) is 27.9. The largest absolute Gasteiger partial charge is 0.453 e. The molecule has 2 aromatic carbocycles. The average molecular weight is 582 g/mol. The molecule has 0 aliphatic carbocycles. The summed E-state index contributed by atoms with van der Waals surface area (Å²) in [6, 6.07) is 11.0. The van der Waals surface area contributed by atoms with Gasteiger partial charge < -0.3 is 4.74 Å². The maximum Gasteiger partial charge on any atom is 0.433 e. The molecule has 39 heavy (non-hydrogen) atoms. The molecule has 200 valence electrons. The topological polar surface area (TPSA) is 98.5 Å². The minimum Gasteiger partial charge on any atom is -0.453 e. The average Bonchev–Trinajstić information content (AvgIpc) is 3.35. The van der Waals surface area contributed by atoms with Crippen molar-refractivity contribution in [2.24, 2.45) is 0 Å². The van der Waals surface area contributed by atoms with Crippen LogP contribution in [0.3, 0.4) is 0 Å². The lowest BCUT2D eigenvalue weighted by atomic mass is 10.1. The molecular formula is C24H13ClF5N5O3S. The Labute approximate surface area is 221 Å². The number of nitrogens with one attached hydrogen (secondary N) is 1. The van der Waals surface area contributed by atoms with Crippen molar-refractivity contribution in [1.82, 2.24) is 19.4 Å². The van der Waals surface area contributed by atoms with E-state index in [0.717, 1.165) is 0 Å². The summed E-state index contributed by atoms with van der Waals surface area (Å²) in [6.07, 6.45) is -0.980. The number of pyridine rings is 1. The van der Waals surface area contributed by atoms with Gasteiger partial charge in [-0.1, -0.05) is 17.7 Å². The number of aromatic nitrogens is 4. The second kappa shape index (κ2) is 9.78. The predicted octanol–water partition coefficient (Wildman–Crippen LogP) is 6.33. The van der Waals surface area contributed by atoms with Gasteiger partial charge >= 0.3 is 6.18 Å². The Bertz CT molecular complexity index is 1830. The fourth-order valence-electron chi connectivity index (χ4n) is 3.61. The van der Waals surface area contributed by atoms with Crippen molar-refractivity contribution in [3.8, 4) is 22.8 Å². The molecule has 15 heteroatoms. The van der Waals surface area contributed by atoms with Crippen molar-refractivity contribution in [2.75, 3.05) is 4.72 Å². The summed E-state index contributed by atoms with van der Waals surface area (Å²) in [4.78, 5) is 9.45. The van der Waals surface area contributed by atoms with Crippen LogP contribution >= 0.6 is 11.6 Å². The quantitative estimate of drug-likeness (QED) is 0.235. The Balaban J connectivity index is 1.49. The Kier molecular flexibility index (Phi) is 6.60. The van der Waals surface area contributed by atoms with Gasteiger partial charge in [0, 0.05) is 41.3 Å². The lowest BCUT2D eigenvalue weighted by molar-refractivity contribution is -0.141. The molecule has 8 nitrogen and oxygen atoms in total. The van der Waals surface area contributed by atoms with Gasteiger partial charge in [-0.25, -0.2) is 36.9 Å². The molecule has 5 rings (SSSR count). The van der Waals surface area contributed by atoms with Gasteiger partial charge in [0.1, 0.15) is 27.8 Å². The number of rotatable bonds is 6. The van der Waals surface area contributed by atoms with Gasteiger partial charge in [-0.3, -0.25) is 4.40 Å². The summed E-state index contributed by atoms with van der Waals surface area (Å²) >= 11 is 6.16. The fourth-order valence-corrected chi connectivity index (χ4v) is 4.81. The molecule has 0 saturated carbocycles. The SMILES string of the molecule is O=S(=O)(Nc1nccc(C(F)(F)F)n1)c1cc(F)c(Oc2ccc(Cl)cc2-c2cccc3nccn23)cc1F. The van der Waals surface area contributed by atoms with Crippen LogP contribution in [0.25, 0.3) is 16.9 Å². The van der Waals surface area contributed by atoms with Crippen molar-refractivity contribution >= 4 is 33.2 Å². The predicted molar refractivity (Wildman–Crippen MR) is 130 cm³/mol. The van der Waals surface area contributed by atoms with Crippen LogP contribution in [0.15, 0.2) is 78.1 Å². The first-order chi connectivity index (χ1) is 18.4. The van der Waals surface area contributed by atoms with Gasteiger partial charge in [0.2, 0.25) is 5.95 Å². The lowest BCUT2D eigenvalue weighted by Crippen LogP contribution is -2.18. The molecule has 0 saturated heterocycles. The highest BCUT2D eigenvalue weighted by atomic mass is 35.5. The van der Waals surface area contributed by atoms with E-state index in [2.05, 4.69) is 15.0 Å². The number of imidazole rings is 1. The second-order valence-corrected chi connectivity index (χ2v) is 9.98. The molecule has 0 aliphatic rings. The molecule has 0 radical (unpaired) electrons. The molecule has 0 fully saturated rings. The third-order valence-corrected chi connectivity index (χ3v) is 6.89. The van der Waals surface area contributed by atoms with Gasteiger partial charge in [0.15, 0.2) is 11.6 Å². The molecule has 0 amide bonds. The zero-order valence-electron chi connectivity index (χ0n) is 19.1. The fraction of sp³-hybridized carbons (Fsp3) is 0.0417. The summed E-state index contributed by atoms with van der Waals surface area (Å²) in [7, 11) is -4.93. The maximum absolute atomic E-state index is 15.0. The van der Waals surface area contributed by atoms with Crippen molar-refractivity contribution in [1.29, 1.82) is 0 Å². The number of sulfonamides is 1. The molecule has 0 aliphatic heterocycles. The van der Waals surface area contributed by atoms with Crippen LogP contribution in [0.5, 0.6) is 11.5 Å². The van der Waals surface area contributed by atoms with Crippen LogP contribution < -0.4 is 9.46 Å². The highest BCUT2D eigenvalue weighted by Crippen LogP contribution is 2.37. The number of anilines is 1. The Morgan fingerprint density at radius 2 is 1.72 bits per heavy atom. The number of benzene rings is 2. The number of halogens is 6. The summed E-state index contributed by atoms with van der Waals surface area (Å²) in [5.74, 6) is -4.31. The van der Waals surface area contributed by atoms with E-state index in [9.17, 15) is 26.0 Å². The van der Waals surface area contributed by atoms with Crippen LogP contribution in [-0.2, 0) is 16.2 Å². The number of hydrogen-bond acceptors (Lipinski definition) is 6. The van der Waals surface area contributed by atoms with E-state index in [1.807, 2.05) is 0 Å². The van der Waals surface area contributed by atoms with E-state index in [4.69, 9.17) is 16.3 Å². The Hall–Kier alpha value is -4.30. The van der Waals surface area contributed by atoms with Crippen molar-refractivity contribution in [3.05, 3.63) is 95.5 Å². The zero-order valence-corrected chi connectivity index (χ0v) is 20.7. The van der Waals surface area contributed by atoms with Crippen LogP contribution in [0, 0.1) is 11.6 Å². The van der Waals surface area contributed by atoms with Gasteiger partial charge in [0.05, 0.1) is 5.69 Å². The van der Waals surface area contributed by atoms with Crippen molar-refractivity contribution in [2.45, 2.75) is 11.1 Å². The normalized spacial score (nSPS) is 12.1. The Morgan fingerprint density at radius 1 is 0.923 bits per heavy atom. The highest BCUT2D eigenvalue weighted by molar-refractivity contribution is 7.92. The molecule has 0 unspecified atom stereocenters. The standard InChI is InChI=1S/C24H13ClF5N5O3S/c25-13-4-5-18(14(10-13)17-2-1-3-22-31-8-9-35(17)22)38-19-11-16(27)20(12-15(19)26)39(36,37)34-23-32-7-6-21(33-23)24(28,29)30/h1-12H,(H,32,33,34). The van der Waals surface area contributed by atoms with E-state index in [1.165, 1.54) is 18.2 Å². The molecule has 3 aromatic heterocycles. The molecule has 0 bridgehead atoms. The third-order valence-electron chi connectivity index (χ3n) is 5.31. The number of hydrogen-bond donors (Lipinski definition) is 1. The van der Waals surface area contributed by atoms with Gasteiger partial charge in [-0.2, -0.15) is 13.2 Å². The first-order valence-corrected chi connectivity index (χ1v) is 12.6. The third kappa shape index (κ3) is 5.33. The Morgan fingerprint density at radius 3 is 2.49 bits per heavy atom. The maximum atomic E-state index is 15.0. The van der Waals surface area contributed by atoms with Crippen molar-refractivity contribution in [3.63, 3.8) is 0 Å². The summed E-state index contributed by atoms with van der Waals surface area (Å²) in [6.45, 7) is 0. The number of ether oxygens (including phenoxy) is 1. The number of nitrogens with zero attached hydrogens (tertiary/aromatic N) is 4. The van der Waals surface area contributed by atoms with Crippen molar-refractivity contribution < 1.29 is 35.1 Å². The molecule has 3 heterocycles. The molecule has 1 N–H and O–H groups in total. The molecule has 0 spiro atoms. The number of alkyl halides is 3. The summed E-state index contributed by atoms with van der Waals surface area (Å²) in [5, 5.41) is 0.324. The second-order valence-electron chi connectivity index (χ2n) is 7.89. The first-order valence-electron chi connectivity index (χ1n) is 10.7. The van der Waals surface area contributed by atoms with E-state index in [1.54, 1.807) is 39.7 Å². The molecule has 5 aromatic rings. The van der Waals surface area contributed by atoms with E-state index in [0.29, 0.717) is 46.3 Å². The minimum atomic E-state index is -4.93. The minimum absolute atomic E-state index is 0.0602. The summed E-state index contributed by atoms with van der Waals surface area (Å²) in [5.41, 5.74) is 0.122. The van der Waals surface area contributed by atoms with Gasteiger partial charge in [0.25, 0.3) is 10.0 Å². The lowest BCUT2D eigenvalue weighted by Gasteiger charge is -2.15. The monoisotopic (exact) mass is 581 g/mol. The van der Waals surface area contributed by atoms with Gasteiger partial charge in [-0.15, -0.1) is 0 Å². The van der Waals surface area contributed by atoms with E-state index in [-0.39, 0.29) is 5.75 Å². The van der Waals surface area contributed by atoms with Crippen LogP contribution in [0.4, 0.5) is 27.9 Å². The van der Waals surface area contributed by atoms with E-state index < -0.39 is 50.1 Å². The molecule has 0 atom stereocenters. The first kappa shape index (κ1) is 26.3. The number of fused-ring (bicyclic) bond motifs is 1.